The summed E-state index contributed by atoms with van der Waals surface area (Å²) in [5, 5.41) is 12.8. The van der Waals surface area contributed by atoms with Crippen LogP contribution in [0.3, 0.4) is 0 Å². The van der Waals surface area contributed by atoms with Crippen molar-refractivity contribution in [3.05, 3.63) is 0 Å². The molecule has 2 atom stereocenters. The van der Waals surface area contributed by atoms with Crippen LogP contribution >= 0.6 is 0 Å². The molecule has 88 valence electrons. The van der Waals surface area contributed by atoms with Crippen LogP contribution in [0, 0.1) is 5.41 Å². The summed E-state index contributed by atoms with van der Waals surface area (Å²) in [5.74, 6) is 0. The van der Waals surface area contributed by atoms with Crippen LogP contribution in [0.5, 0.6) is 0 Å². The quantitative estimate of drug-likeness (QED) is 0.739. The van der Waals surface area contributed by atoms with Crippen LogP contribution < -0.4 is 5.32 Å². The Morgan fingerprint density at radius 3 is 2.47 bits per heavy atom. The molecular formula is C12H23NO2. The van der Waals surface area contributed by atoms with E-state index in [0.29, 0.717) is 18.2 Å². The molecule has 0 saturated heterocycles. The lowest BCUT2D eigenvalue weighted by Crippen LogP contribution is -2.64. The van der Waals surface area contributed by atoms with Crippen molar-refractivity contribution in [3.63, 3.8) is 0 Å². The smallest absolute Gasteiger partial charge is 0.0655 e. The molecule has 0 radical (unpaired) electrons. The molecular weight excluding hydrogens is 190 g/mol. The lowest BCUT2D eigenvalue weighted by molar-refractivity contribution is -0.121. The molecule has 0 aliphatic heterocycles. The summed E-state index contributed by atoms with van der Waals surface area (Å²) in [6.45, 7) is 7.40. The fraction of sp³-hybridized carbons (Fsp3) is 1.00. The molecule has 2 saturated carbocycles. The second kappa shape index (κ2) is 4.04. The van der Waals surface area contributed by atoms with E-state index in [0.717, 1.165) is 25.9 Å². The third-order valence-corrected chi connectivity index (χ3v) is 4.10. The van der Waals surface area contributed by atoms with Gasteiger partial charge in [0.2, 0.25) is 0 Å². The van der Waals surface area contributed by atoms with Gasteiger partial charge in [-0.05, 0) is 26.2 Å². The molecule has 2 aliphatic rings. The topological polar surface area (TPSA) is 41.5 Å². The molecule has 0 aromatic heterocycles. The highest BCUT2D eigenvalue weighted by Gasteiger charge is 2.50. The Morgan fingerprint density at radius 1 is 1.33 bits per heavy atom. The van der Waals surface area contributed by atoms with E-state index in [9.17, 15) is 5.11 Å². The third-order valence-electron chi connectivity index (χ3n) is 4.10. The number of aliphatic hydroxyl groups is 1. The van der Waals surface area contributed by atoms with Crippen molar-refractivity contribution in [2.45, 2.75) is 64.3 Å². The highest BCUT2D eigenvalue weighted by Crippen LogP contribution is 2.43. The number of nitrogens with one attached hydrogen (secondary N) is 1. The molecule has 2 fully saturated rings. The first-order valence-electron chi connectivity index (χ1n) is 6.09. The van der Waals surface area contributed by atoms with Crippen LogP contribution in [-0.2, 0) is 4.74 Å². The average Bonchev–Trinajstić information content (AvgIpc) is 2.13. The minimum Gasteiger partial charge on any atom is -0.393 e. The Kier molecular flexibility index (Phi) is 3.06. The molecule has 3 nitrogen and oxygen atoms in total. The maximum Gasteiger partial charge on any atom is 0.0655 e. The zero-order valence-corrected chi connectivity index (χ0v) is 9.99. The zero-order chi connectivity index (χ0) is 11.1. The van der Waals surface area contributed by atoms with Gasteiger partial charge in [0.25, 0.3) is 0 Å². The van der Waals surface area contributed by atoms with Crippen molar-refractivity contribution >= 4 is 0 Å². The molecule has 0 bridgehead atoms. The van der Waals surface area contributed by atoms with E-state index >= 15 is 0 Å². The van der Waals surface area contributed by atoms with Gasteiger partial charge >= 0.3 is 0 Å². The second-order valence-electron chi connectivity index (χ2n) is 5.54. The van der Waals surface area contributed by atoms with E-state index in [1.54, 1.807) is 0 Å². The average molecular weight is 213 g/mol. The summed E-state index contributed by atoms with van der Waals surface area (Å²) in [6.07, 6.45) is 3.31. The fourth-order valence-corrected chi connectivity index (χ4v) is 2.66. The lowest BCUT2D eigenvalue weighted by atomic mass is 9.64. The Labute approximate surface area is 92.2 Å². The SMILES string of the molecule is CCOC1CC(NC2CC(O)C2)C1(C)C. The summed E-state index contributed by atoms with van der Waals surface area (Å²) in [5.41, 5.74) is 0.247. The molecule has 15 heavy (non-hydrogen) atoms. The first-order chi connectivity index (χ1) is 7.04. The van der Waals surface area contributed by atoms with Crippen molar-refractivity contribution in [2.24, 2.45) is 5.41 Å². The van der Waals surface area contributed by atoms with Crippen LogP contribution in [0.2, 0.25) is 0 Å². The molecule has 0 amide bonds. The van der Waals surface area contributed by atoms with E-state index in [4.69, 9.17) is 4.74 Å². The minimum absolute atomic E-state index is 0.0617. The first-order valence-corrected chi connectivity index (χ1v) is 6.09. The predicted molar refractivity (Wildman–Crippen MR) is 59.8 cm³/mol. The van der Waals surface area contributed by atoms with E-state index in [1.165, 1.54) is 0 Å². The van der Waals surface area contributed by atoms with Crippen molar-refractivity contribution in [2.75, 3.05) is 6.61 Å². The van der Waals surface area contributed by atoms with Gasteiger partial charge in [0, 0.05) is 24.1 Å². The summed E-state index contributed by atoms with van der Waals surface area (Å²) in [6, 6.07) is 1.10. The number of ether oxygens (including phenoxy) is 1. The van der Waals surface area contributed by atoms with Crippen molar-refractivity contribution < 1.29 is 9.84 Å². The summed E-state index contributed by atoms with van der Waals surface area (Å²) in [4.78, 5) is 0. The van der Waals surface area contributed by atoms with Gasteiger partial charge in [-0.1, -0.05) is 13.8 Å². The highest BCUT2D eigenvalue weighted by molar-refractivity contribution is 5.05. The van der Waals surface area contributed by atoms with E-state index < -0.39 is 0 Å². The van der Waals surface area contributed by atoms with Crippen molar-refractivity contribution in [1.82, 2.24) is 5.32 Å². The van der Waals surface area contributed by atoms with E-state index in [2.05, 4.69) is 26.1 Å². The molecule has 2 rings (SSSR count). The van der Waals surface area contributed by atoms with Crippen molar-refractivity contribution in [1.29, 1.82) is 0 Å². The van der Waals surface area contributed by atoms with Gasteiger partial charge in [-0.25, -0.2) is 0 Å². The van der Waals surface area contributed by atoms with Gasteiger partial charge in [-0.3, -0.25) is 0 Å². The Morgan fingerprint density at radius 2 is 2.00 bits per heavy atom. The molecule has 0 aromatic carbocycles. The van der Waals surface area contributed by atoms with Crippen molar-refractivity contribution in [3.8, 4) is 0 Å². The Bertz CT molecular complexity index is 224. The molecule has 0 heterocycles. The molecule has 0 aromatic rings. The third kappa shape index (κ3) is 2.05. The van der Waals surface area contributed by atoms with Gasteiger partial charge in [0.1, 0.15) is 0 Å². The van der Waals surface area contributed by atoms with E-state index in [-0.39, 0.29) is 11.5 Å². The minimum atomic E-state index is -0.0617. The second-order valence-corrected chi connectivity index (χ2v) is 5.54. The lowest BCUT2D eigenvalue weighted by Gasteiger charge is -2.54. The number of hydrogen-bond donors (Lipinski definition) is 2. The van der Waals surface area contributed by atoms with Gasteiger partial charge in [-0.2, -0.15) is 0 Å². The van der Waals surface area contributed by atoms with Crippen LogP contribution in [-0.4, -0.2) is 36.0 Å². The summed E-state index contributed by atoms with van der Waals surface area (Å²) >= 11 is 0. The summed E-state index contributed by atoms with van der Waals surface area (Å²) in [7, 11) is 0. The zero-order valence-electron chi connectivity index (χ0n) is 9.99. The van der Waals surface area contributed by atoms with Crippen LogP contribution in [0.4, 0.5) is 0 Å². The molecule has 0 spiro atoms. The largest absolute Gasteiger partial charge is 0.393 e. The van der Waals surface area contributed by atoms with Gasteiger partial charge < -0.3 is 15.2 Å². The predicted octanol–water partition coefficient (Wildman–Crippen LogP) is 1.30. The number of hydrogen-bond acceptors (Lipinski definition) is 3. The molecule has 2 aliphatic carbocycles. The molecule has 3 heteroatoms. The standard InChI is InChI=1S/C12H23NO2/c1-4-15-11-7-10(12(11,2)3)13-8-5-9(14)6-8/h8-11,13-14H,4-7H2,1-3H3. The summed E-state index contributed by atoms with van der Waals surface area (Å²) < 4.78 is 5.69. The maximum absolute atomic E-state index is 9.22. The van der Waals surface area contributed by atoms with E-state index in [1.807, 2.05) is 0 Å². The van der Waals surface area contributed by atoms with Crippen LogP contribution in [0.15, 0.2) is 0 Å². The maximum atomic E-state index is 9.22. The Balaban J connectivity index is 1.76. The highest BCUT2D eigenvalue weighted by atomic mass is 16.5. The molecule has 2 N–H and O–H groups in total. The van der Waals surface area contributed by atoms with Crippen LogP contribution in [0.1, 0.15) is 40.0 Å². The molecule has 2 unspecified atom stereocenters. The van der Waals surface area contributed by atoms with Gasteiger partial charge in [0.15, 0.2) is 0 Å². The van der Waals surface area contributed by atoms with Crippen LogP contribution in [0.25, 0.3) is 0 Å². The fourth-order valence-electron chi connectivity index (χ4n) is 2.66. The monoisotopic (exact) mass is 213 g/mol. The first kappa shape index (κ1) is 11.4. The Hall–Kier alpha value is -0.120. The number of aliphatic hydroxyl groups excluding tert-OH is 1. The van der Waals surface area contributed by atoms with Gasteiger partial charge in [-0.15, -0.1) is 0 Å². The number of rotatable bonds is 4. The van der Waals surface area contributed by atoms with Gasteiger partial charge in [0.05, 0.1) is 12.2 Å². The normalized spacial score (nSPS) is 43.2.